The molecule has 7 nitrogen and oxygen atoms in total. The number of hydrogen-bond acceptors (Lipinski definition) is 5. The normalized spacial score (nSPS) is 18.2. The fraction of sp³-hybridized carbons (Fsp3) is 0.538. The van der Waals surface area contributed by atoms with Gasteiger partial charge in [0.2, 0.25) is 10.0 Å². The second-order valence-corrected chi connectivity index (χ2v) is 7.42. The summed E-state index contributed by atoms with van der Waals surface area (Å²) >= 11 is 0. The maximum Gasteiger partial charge on any atom is 0.211 e. The molecule has 0 atom stereocenters. The lowest BCUT2D eigenvalue weighted by atomic mass is 10.1. The fourth-order valence-electron chi connectivity index (χ4n) is 2.87. The Balaban J connectivity index is 1.78. The van der Waals surface area contributed by atoms with Crippen molar-refractivity contribution < 1.29 is 8.42 Å². The molecular weight excluding hydrogens is 290 g/mol. The van der Waals surface area contributed by atoms with E-state index >= 15 is 0 Å². The van der Waals surface area contributed by atoms with Crippen molar-refractivity contribution in [1.29, 1.82) is 0 Å². The minimum absolute atomic E-state index is 0.288. The molecule has 0 bridgehead atoms. The summed E-state index contributed by atoms with van der Waals surface area (Å²) in [6, 6.07) is 2.25. The van der Waals surface area contributed by atoms with E-state index in [-0.39, 0.29) is 6.04 Å². The quantitative estimate of drug-likeness (QED) is 0.907. The number of aromatic nitrogens is 3. The molecule has 1 aliphatic rings. The maximum absolute atomic E-state index is 11.6. The minimum Gasteiger partial charge on any atom is -0.356 e. The lowest BCUT2D eigenvalue weighted by Crippen LogP contribution is -2.45. The van der Waals surface area contributed by atoms with Gasteiger partial charge in [0.1, 0.15) is 17.8 Å². The van der Waals surface area contributed by atoms with Crippen LogP contribution in [0.25, 0.3) is 11.0 Å². The predicted molar refractivity (Wildman–Crippen MR) is 81.7 cm³/mol. The molecule has 3 rings (SSSR count). The second kappa shape index (κ2) is 5.27. The highest BCUT2D eigenvalue weighted by atomic mass is 32.2. The molecule has 3 heterocycles. The molecule has 0 radical (unpaired) electrons. The van der Waals surface area contributed by atoms with E-state index in [1.807, 2.05) is 19.3 Å². The van der Waals surface area contributed by atoms with Crippen molar-refractivity contribution in [1.82, 2.24) is 19.3 Å². The zero-order chi connectivity index (χ0) is 15.0. The van der Waals surface area contributed by atoms with Crippen molar-refractivity contribution in [2.75, 3.05) is 31.3 Å². The van der Waals surface area contributed by atoms with Crippen LogP contribution in [0.15, 0.2) is 18.6 Å². The highest BCUT2D eigenvalue weighted by molar-refractivity contribution is 7.88. The first-order valence-corrected chi connectivity index (χ1v) is 8.77. The van der Waals surface area contributed by atoms with Crippen molar-refractivity contribution in [3.63, 3.8) is 0 Å². The monoisotopic (exact) mass is 309 g/mol. The van der Waals surface area contributed by atoms with Gasteiger partial charge in [-0.1, -0.05) is 0 Å². The van der Waals surface area contributed by atoms with Crippen molar-refractivity contribution in [2.24, 2.45) is 0 Å². The van der Waals surface area contributed by atoms with Crippen LogP contribution in [0, 0.1) is 0 Å². The zero-order valence-electron chi connectivity index (χ0n) is 12.2. The summed E-state index contributed by atoms with van der Waals surface area (Å²) in [5, 5.41) is 0.991. The number of H-pyrrole nitrogens is 1. The number of sulfonamides is 1. The third-order valence-electron chi connectivity index (χ3n) is 4.11. The maximum atomic E-state index is 11.6. The molecule has 1 saturated heterocycles. The topological polar surface area (TPSA) is 82.2 Å². The molecular formula is C13H19N5O2S. The number of anilines is 1. The highest BCUT2D eigenvalue weighted by Crippen LogP contribution is 2.26. The van der Waals surface area contributed by atoms with Crippen LogP contribution in [0.4, 0.5) is 5.82 Å². The van der Waals surface area contributed by atoms with E-state index in [2.05, 4.69) is 19.9 Å². The van der Waals surface area contributed by atoms with Crippen LogP contribution in [0.2, 0.25) is 0 Å². The molecule has 0 unspecified atom stereocenters. The molecule has 0 aromatic carbocycles. The van der Waals surface area contributed by atoms with E-state index in [4.69, 9.17) is 0 Å². The van der Waals surface area contributed by atoms with Gasteiger partial charge in [-0.2, -0.15) is 0 Å². The first-order valence-electron chi connectivity index (χ1n) is 6.93. The van der Waals surface area contributed by atoms with E-state index in [1.54, 1.807) is 10.6 Å². The van der Waals surface area contributed by atoms with Gasteiger partial charge in [-0.15, -0.1) is 0 Å². The van der Waals surface area contributed by atoms with Crippen molar-refractivity contribution in [3.8, 4) is 0 Å². The lowest BCUT2D eigenvalue weighted by Gasteiger charge is -2.36. The van der Waals surface area contributed by atoms with Crippen LogP contribution in [0.3, 0.4) is 0 Å². The van der Waals surface area contributed by atoms with Crippen LogP contribution < -0.4 is 4.90 Å². The van der Waals surface area contributed by atoms with Gasteiger partial charge >= 0.3 is 0 Å². The summed E-state index contributed by atoms with van der Waals surface area (Å²) in [5.74, 6) is 0.888. The predicted octanol–water partition coefficient (Wildman–Crippen LogP) is 0.818. The van der Waals surface area contributed by atoms with Crippen molar-refractivity contribution in [3.05, 3.63) is 18.6 Å². The molecule has 0 spiro atoms. The number of nitrogens with zero attached hydrogens (tertiary/aromatic N) is 4. The summed E-state index contributed by atoms with van der Waals surface area (Å²) in [5.41, 5.74) is 0.820. The second-order valence-electron chi connectivity index (χ2n) is 5.44. The van der Waals surface area contributed by atoms with Gasteiger partial charge in [0.25, 0.3) is 0 Å². The number of nitrogens with one attached hydrogen (secondary N) is 1. The lowest BCUT2D eigenvalue weighted by molar-refractivity contribution is 0.316. The first kappa shape index (κ1) is 14.3. The third-order valence-corrected chi connectivity index (χ3v) is 5.41. The minimum atomic E-state index is -3.08. The molecule has 1 aliphatic heterocycles. The molecule has 1 N–H and O–H groups in total. The molecule has 1 fully saturated rings. The highest BCUT2D eigenvalue weighted by Gasteiger charge is 2.28. The standard InChI is InChI=1S/C13H19N5O2S/c1-17(10-4-7-18(8-5-10)21(2,19)20)13-11-3-6-14-12(11)15-9-16-13/h3,6,9-10H,4-5,7-8H2,1-2H3,(H,14,15,16). The van der Waals surface area contributed by atoms with E-state index < -0.39 is 10.0 Å². The Labute approximate surface area is 124 Å². The van der Waals surface area contributed by atoms with Gasteiger partial charge in [0.05, 0.1) is 11.6 Å². The Morgan fingerprint density at radius 1 is 1.33 bits per heavy atom. The number of fused-ring (bicyclic) bond motifs is 1. The van der Waals surface area contributed by atoms with Gasteiger partial charge in [-0.3, -0.25) is 0 Å². The van der Waals surface area contributed by atoms with Crippen LogP contribution >= 0.6 is 0 Å². The average Bonchev–Trinajstić information content (AvgIpc) is 2.94. The Hall–Kier alpha value is -1.67. The van der Waals surface area contributed by atoms with E-state index in [0.29, 0.717) is 13.1 Å². The van der Waals surface area contributed by atoms with Gasteiger partial charge in [0.15, 0.2) is 0 Å². The smallest absolute Gasteiger partial charge is 0.211 e. The number of aromatic amines is 1. The van der Waals surface area contributed by atoms with Gasteiger partial charge in [-0.25, -0.2) is 22.7 Å². The number of hydrogen-bond donors (Lipinski definition) is 1. The van der Waals surface area contributed by atoms with Crippen LogP contribution in [-0.2, 0) is 10.0 Å². The van der Waals surface area contributed by atoms with Crippen LogP contribution in [0.5, 0.6) is 0 Å². The largest absolute Gasteiger partial charge is 0.356 e. The summed E-state index contributed by atoms with van der Waals surface area (Å²) in [7, 11) is -1.07. The van der Waals surface area contributed by atoms with Gasteiger partial charge in [0, 0.05) is 32.4 Å². The van der Waals surface area contributed by atoms with E-state index in [9.17, 15) is 8.42 Å². The van der Waals surface area contributed by atoms with Crippen molar-refractivity contribution in [2.45, 2.75) is 18.9 Å². The van der Waals surface area contributed by atoms with E-state index in [1.165, 1.54) is 6.26 Å². The molecule has 0 saturated carbocycles. The van der Waals surface area contributed by atoms with Crippen LogP contribution in [-0.4, -0.2) is 60.1 Å². The van der Waals surface area contributed by atoms with E-state index in [0.717, 1.165) is 29.7 Å². The summed E-state index contributed by atoms with van der Waals surface area (Å²) in [6.07, 6.45) is 6.28. The average molecular weight is 309 g/mol. The van der Waals surface area contributed by atoms with Gasteiger partial charge in [-0.05, 0) is 18.9 Å². The molecule has 0 amide bonds. The molecule has 2 aromatic rings. The molecule has 2 aromatic heterocycles. The summed E-state index contributed by atoms with van der Waals surface area (Å²) in [4.78, 5) is 13.8. The number of rotatable bonds is 3. The Bertz CT molecular complexity index is 734. The van der Waals surface area contributed by atoms with Crippen molar-refractivity contribution >= 4 is 26.9 Å². The Morgan fingerprint density at radius 3 is 2.71 bits per heavy atom. The molecule has 114 valence electrons. The van der Waals surface area contributed by atoms with Gasteiger partial charge < -0.3 is 9.88 Å². The molecule has 21 heavy (non-hydrogen) atoms. The Morgan fingerprint density at radius 2 is 2.05 bits per heavy atom. The molecule has 0 aliphatic carbocycles. The van der Waals surface area contributed by atoms with Crippen LogP contribution in [0.1, 0.15) is 12.8 Å². The summed E-state index contributed by atoms with van der Waals surface area (Å²) in [6.45, 7) is 1.13. The first-order chi connectivity index (χ1) is 9.97. The summed E-state index contributed by atoms with van der Waals surface area (Å²) < 4.78 is 24.7. The third kappa shape index (κ3) is 2.73. The molecule has 8 heteroatoms. The number of piperidine rings is 1. The SMILES string of the molecule is CN(c1ncnc2[nH]ccc12)C1CCN(S(C)(=O)=O)CC1. The Kier molecular flexibility index (Phi) is 3.58. The fourth-order valence-corrected chi connectivity index (χ4v) is 3.75. The zero-order valence-corrected chi connectivity index (χ0v) is 13.0.